The minimum atomic E-state index is -4.70. The normalized spacial score (nSPS) is 11.4. The first-order chi connectivity index (χ1) is 12.9. The Bertz CT molecular complexity index is 1340. The summed E-state index contributed by atoms with van der Waals surface area (Å²) in [6, 6.07) is 6.86. The Balaban J connectivity index is 0.00000225. The van der Waals surface area contributed by atoms with Gasteiger partial charge in [0.15, 0.2) is 0 Å². The van der Waals surface area contributed by atoms with Crippen LogP contribution in [-0.4, -0.2) is 66.0 Å². The minimum Gasteiger partial charge on any atom is -0.397 e. The van der Waals surface area contributed by atoms with Crippen molar-refractivity contribution in [3.05, 3.63) is 48.3 Å². The van der Waals surface area contributed by atoms with Gasteiger partial charge in [0, 0.05) is 59.3 Å². The van der Waals surface area contributed by atoms with Gasteiger partial charge in [0.05, 0.1) is 10.6 Å². The standard InChI is InChI=1S/C16H15N3O7S2.ClH.Na/c1-19-8-9(17)6-14(19)16(20)18-13-4-5-15(28(24,25)26)12-7-10(27(21,22)23)2-3-11(12)13;;/h2-8H,17H2,1H3,(H,18,20)(H,21,22,23)(H,24,25,26);1H;. The molecule has 0 aliphatic heterocycles. The third kappa shape index (κ3) is 5.34. The number of amides is 1. The average molecular weight is 485 g/mol. The zero-order valence-electron chi connectivity index (χ0n) is 15.7. The summed E-state index contributed by atoms with van der Waals surface area (Å²) >= 11 is 0. The number of anilines is 2. The van der Waals surface area contributed by atoms with E-state index >= 15 is 0 Å². The van der Waals surface area contributed by atoms with Crippen LogP contribution in [0.15, 0.2) is 52.4 Å². The number of nitrogens with two attached hydrogens (primary N) is 1. The Morgan fingerprint density at radius 3 is 2.13 bits per heavy atom. The van der Waals surface area contributed by atoms with Crippen molar-refractivity contribution in [2.45, 2.75) is 9.79 Å². The number of nitrogen functional groups attached to an aromatic ring is 1. The number of rotatable bonds is 4. The maximum Gasteiger partial charge on any atom is 0.295 e. The van der Waals surface area contributed by atoms with Gasteiger partial charge in [-0.3, -0.25) is 13.9 Å². The van der Waals surface area contributed by atoms with Crippen molar-refractivity contribution in [2.75, 3.05) is 11.1 Å². The first kappa shape index (κ1) is 26.4. The summed E-state index contributed by atoms with van der Waals surface area (Å²) in [5.74, 6) is -0.543. The maximum absolute atomic E-state index is 12.5. The third-order valence-electron chi connectivity index (χ3n) is 4.03. The monoisotopic (exact) mass is 484 g/mol. The molecule has 1 radical (unpaired) electrons. The van der Waals surface area contributed by atoms with Gasteiger partial charge >= 0.3 is 0 Å². The summed E-state index contributed by atoms with van der Waals surface area (Å²) in [4.78, 5) is 11.4. The Morgan fingerprint density at radius 1 is 1.00 bits per heavy atom. The molecule has 1 heterocycles. The van der Waals surface area contributed by atoms with Crippen LogP contribution in [0, 0.1) is 0 Å². The van der Waals surface area contributed by atoms with Crippen molar-refractivity contribution in [3.63, 3.8) is 0 Å². The molecule has 0 bridgehead atoms. The Labute approximate surface area is 200 Å². The van der Waals surface area contributed by atoms with Crippen LogP contribution in [0.2, 0.25) is 0 Å². The van der Waals surface area contributed by atoms with Crippen molar-refractivity contribution in [1.82, 2.24) is 4.57 Å². The fourth-order valence-electron chi connectivity index (χ4n) is 2.80. The van der Waals surface area contributed by atoms with Crippen LogP contribution in [-0.2, 0) is 27.3 Å². The maximum atomic E-state index is 12.5. The number of hydrogen-bond donors (Lipinski definition) is 4. The van der Waals surface area contributed by atoms with Gasteiger partial charge in [0.2, 0.25) is 0 Å². The van der Waals surface area contributed by atoms with Crippen molar-refractivity contribution in [1.29, 1.82) is 0 Å². The van der Waals surface area contributed by atoms with Crippen LogP contribution >= 0.6 is 12.4 Å². The van der Waals surface area contributed by atoms with Crippen LogP contribution in [0.3, 0.4) is 0 Å². The van der Waals surface area contributed by atoms with E-state index in [2.05, 4.69) is 5.32 Å². The summed E-state index contributed by atoms with van der Waals surface area (Å²) in [5, 5.41) is 2.53. The van der Waals surface area contributed by atoms with E-state index in [1.807, 2.05) is 0 Å². The SMILES string of the molecule is Cl.Cn1cc(N)cc1C(=O)Nc1ccc(S(=O)(=O)O)c2cc(S(=O)(=O)O)ccc12.[Na]. The van der Waals surface area contributed by atoms with Gasteiger partial charge in [-0.25, -0.2) is 0 Å². The third-order valence-corrected chi connectivity index (χ3v) is 5.79. The molecule has 0 fully saturated rings. The minimum absolute atomic E-state index is 0. The Morgan fingerprint density at radius 2 is 1.63 bits per heavy atom. The van der Waals surface area contributed by atoms with Crippen LogP contribution in [0.25, 0.3) is 10.8 Å². The van der Waals surface area contributed by atoms with E-state index in [1.54, 1.807) is 7.05 Å². The van der Waals surface area contributed by atoms with Crippen LogP contribution in [0.5, 0.6) is 0 Å². The van der Waals surface area contributed by atoms with Gasteiger partial charge in [0.25, 0.3) is 26.1 Å². The van der Waals surface area contributed by atoms with Gasteiger partial charge in [-0.15, -0.1) is 12.4 Å². The molecule has 1 aromatic heterocycles. The predicted octanol–water partition coefficient (Wildman–Crippen LogP) is 1.55. The van der Waals surface area contributed by atoms with Crippen LogP contribution in [0.4, 0.5) is 11.4 Å². The molecule has 157 valence electrons. The Hall–Kier alpha value is -1.64. The van der Waals surface area contributed by atoms with Gasteiger partial charge in [-0.2, -0.15) is 16.8 Å². The summed E-state index contributed by atoms with van der Waals surface area (Å²) in [6.07, 6.45) is 1.53. The molecule has 0 spiro atoms. The molecule has 3 aromatic rings. The topological polar surface area (TPSA) is 169 Å². The van der Waals surface area contributed by atoms with Crippen molar-refractivity contribution < 1.29 is 30.7 Å². The summed E-state index contributed by atoms with van der Waals surface area (Å²) < 4.78 is 66.2. The van der Waals surface area contributed by atoms with E-state index in [-0.39, 0.29) is 64.1 Å². The number of aryl methyl sites for hydroxylation is 1. The fourth-order valence-corrected chi connectivity index (χ4v) is 3.99. The second-order valence-corrected chi connectivity index (χ2v) is 8.80. The zero-order chi connectivity index (χ0) is 20.9. The molecular weight excluding hydrogens is 469 g/mol. The van der Waals surface area contributed by atoms with Gasteiger partial charge in [0.1, 0.15) is 10.6 Å². The van der Waals surface area contributed by atoms with E-state index in [0.717, 1.165) is 18.2 Å². The predicted molar refractivity (Wildman–Crippen MR) is 114 cm³/mol. The number of halogens is 1. The summed E-state index contributed by atoms with van der Waals surface area (Å²) in [7, 11) is -7.71. The molecular formula is C16H16ClN3NaO7S2. The van der Waals surface area contributed by atoms with Gasteiger partial charge in [-0.05, 0) is 30.3 Å². The largest absolute Gasteiger partial charge is 0.397 e. The van der Waals surface area contributed by atoms with Crippen molar-refractivity contribution >= 4 is 90.3 Å². The van der Waals surface area contributed by atoms with Crippen LogP contribution < -0.4 is 11.1 Å². The van der Waals surface area contributed by atoms with Crippen molar-refractivity contribution in [2.24, 2.45) is 7.05 Å². The second kappa shape index (κ2) is 9.24. The number of aromatic nitrogens is 1. The summed E-state index contributed by atoms with van der Waals surface area (Å²) in [6.45, 7) is 0. The number of benzene rings is 2. The van der Waals surface area contributed by atoms with Gasteiger partial charge < -0.3 is 15.6 Å². The quantitative estimate of drug-likeness (QED) is 0.319. The molecule has 0 aliphatic carbocycles. The molecule has 30 heavy (non-hydrogen) atoms. The molecule has 2 aromatic carbocycles. The molecule has 5 N–H and O–H groups in total. The first-order valence-electron chi connectivity index (χ1n) is 7.63. The molecule has 0 atom stereocenters. The Kier molecular flexibility index (Phi) is 8.13. The van der Waals surface area contributed by atoms with E-state index in [0.29, 0.717) is 5.69 Å². The number of carbonyl (C=O) groups is 1. The number of hydrogen-bond acceptors (Lipinski definition) is 6. The van der Waals surface area contributed by atoms with Crippen LogP contribution in [0.1, 0.15) is 10.5 Å². The first-order valence-corrected chi connectivity index (χ1v) is 10.5. The molecule has 0 saturated carbocycles. The smallest absolute Gasteiger partial charge is 0.295 e. The number of fused-ring (bicyclic) bond motifs is 1. The molecule has 10 nitrogen and oxygen atoms in total. The molecule has 0 aliphatic rings. The zero-order valence-corrected chi connectivity index (χ0v) is 20.2. The van der Waals surface area contributed by atoms with E-state index < -0.39 is 35.9 Å². The molecule has 14 heteroatoms. The molecule has 1 amide bonds. The molecule has 0 saturated heterocycles. The van der Waals surface area contributed by atoms with E-state index in [1.165, 1.54) is 29.0 Å². The van der Waals surface area contributed by atoms with Crippen molar-refractivity contribution in [3.8, 4) is 0 Å². The number of carbonyl (C=O) groups excluding carboxylic acids is 1. The average Bonchev–Trinajstić information content (AvgIpc) is 2.91. The second-order valence-electron chi connectivity index (χ2n) is 5.99. The molecule has 0 unspecified atom stereocenters. The van der Waals surface area contributed by atoms with Gasteiger partial charge in [-0.1, -0.05) is 6.07 Å². The van der Waals surface area contributed by atoms with E-state index in [4.69, 9.17) is 5.73 Å². The molecule has 3 rings (SSSR count). The van der Waals surface area contributed by atoms with E-state index in [9.17, 15) is 30.7 Å². The number of nitrogens with one attached hydrogen (secondary N) is 1. The summed E-state index contributed by atoms with van der Waals surface area (Å²) in [5.41, 5.74) is 6.42. The fraction of sp³-hybridized carbons (Fsp3) is 0.0625. The number of nitrogens with zero attached hydrogens (tertiary/aromatic N) is 1.